The van der Waals surface area contributed by atoms with Crippen LogP contribution in [0.4, 0.5) is 0 Å². The molecular formula is C25H42Cl2OSiTi. The number of rotatable bonds is 4. The topological polar surface area (TPSA) is 9.23 Å². The zero-order chi connectivity index (χ0) is 21.5. The van der Waals surface area contributed by atoms with Gasteiger partial charge in [-0.15, -0.1) is 24.8 Å². The van der Waals surface area contributed by atoms with Gasteiger partial charge in [-0.3, -0.25) is 0 Å². The summed E-state index contributed by atoms with van der Waals surface area (Å²) in [5, 5.41) is 1.83. The molecule has 0 amide bonds. The molecule has 0 radical (unpaired) electrons. The van der Waals surface area contributed by atoms with Gasteiger partial charge in [-0.1, -0.05) is 0 Å². The van der Waals surface area contributed by atoms with Crippen molar-refractivity contribution in [3.63, 3.8) is 0 Å². The molecule has 1 aliphatic rings. The average molecular weight is 505 g/mol. The largest absolute Gasteiger partial charge is 0.147 e. The van der Waals surface area contributed by atoms with Crippen molar-refractivity contribution < 1.29 is 21.1 Å². The van der Waals surface area contributed by atoms with Crippen molar-refractivity contribution in [1.82, 2.24) is 0 Å². The summed E-state index contributed by atoms with van der Waals surface area (Å²) in [7, 11) is -1.59. The molecule has 0 N–H and O–H groups in total. The fraction of sp³-hybridized carbons (Fsp3) is 0.560. The monoisotopic (exact) mass is 504 g/mol. The Morgan fingerprint density at radius 1 is 0.967 bits per heavy atom. The molecule has 0 aliphatic heterocycles. The maximum Gasteiger partial charge on any atom is -0.147 e. The van der Waals surface area contributed by atoms with Crippen LogP contribution in [0.15, 0.2) is 39.8 Å². The van der Waals surface area contributed by atoms with Crippen molar-refractivity contribution in [1.29, 1.82) is 0 Å². The van der Waals surface area contributed by atoms with Crippen LogP contribution in [0.5, 0.6) is 5.75 Å². The molecule has 30 heavy (non-hydrogen) atoms. The molecule has 1 aromatic carbocycles. The first-order valence-corrected chi connectivity index (χ1v) is 15.7. The molecule has 0 bridgehead atoms. The zero-order valence-electron chi connectivity index (χ0n) is 20.8. The molecule has 0 unspecified atom stereocenters. The summed E-state index contributed by atoms with van der Waals surface area (Å²) in [5.74, 6) is 1.09. The van der Waals surface area contributed by atoms with Crippen molar-refractivity contribution in [2.24, 2.45) is 5.41 Å². The minimum atomic E-state index is -1.97. The third-order valence-electron chi connectivity index (χ3n) is 6.34. The average Bonchev–Trinajstić information content (AvgIpc) is 3.00. The summed E-state index contributed by atoms with van der Waals surface area (Å²) >= 11 is -1.97. The smallest absolute Gasteiger partial charge is 0.147 e. The first-order valence-electron chi connectivity index (χ1n) is 10.5. The van der Waals surface area contributed by atoms with Gasteiger partial charge in [0.2, 0.25) is 0 Å². The van der Waals surface area contributed by atoms with Crippen LogP contribution in [0.1, 0.15) is 67.4 Å². The summed E-state index contributed by atoms with van der Waals surface area (Å²) in [5.41, 5.74) is 3.00. The molecule has 1 aromatic rings. The summed E-state index contributed by atoms with van der Waals surface area (Å²) in [4.78, 5) is 0. The van der Waals surface area contributed by atoms with E-state index in [0.29, 0.717) is 5.04 Å². The summed E-state index contributed by atoms with van der Waals surface area (Å²) in [6.07, 6.45) is 5.73. The molecule has 0 saturated carbocycles. The van der Waals surface area contributed by atoms with E-state index in [4.69, 9.17) is 3.32 Å². The van der Waals surface area contributed by atoms with Crippen molar-refractivity contribution in [3.8, 4) is 5.75 Å². The van der Waals surface area contributed by atoms with Crippen LogP contribution < -0.4 is 8.51 Å². The van der Waals surface area contributed by atoms with Crippen LogP contribution in [0, 0.1) is 12.3 Å². The van der Waals surface area contributed by atoms with E-state index in [-0.39, 0.29) is 30.2 Å². The number of aryl methyl sites for hydroxylation is 1. The Morgan fingerprint density at radius 3 is 2.00 bits per heavy atom. The van der Waals surface area contributed by atoms with Crippen molar-refractivity contribution in [2.45, 2.75) is 86.9 Å². The Labute approximate surface area is 205 Å². The van der Waals surface area contributed by atoms with E-state index in [1.54, 1.807) is 3.88 Å². The molecular weight excluding hydrogens is 463 g/mol. The minimum absolute atomic E-state index is 0. The van der Waals surface area contributed by atoms with Gasteiger partial charge < -0.3 is 0 Å². The van der Waals surface area contributed by atoms with Crippen LogP contribution >= 0.6 is 24.8 Å². The summed E-state index contributed by atoms with van der Waals surface area (Å²) in [6, 6.07) is 7.00. The van der Waals surface area contributed by atoms with Crippen LogP contribution in [0.25, 0.3) is 0 Å². The SMILES string of the molecule is C[C](C)=[Ti]([O]c1cc(C)cc([Si](C)(C)C(C)(C)C)c1)[C]1=C(C(C)(C)C)C=CC1.Cl.Cl. The van der Waals surface area contributed by atoms with Gasteiger partial charge in [0, 0.05) is 0 Å². The summed E-state index contributed by atoms with van der Waals surface area (Å²) in [6.45, 7) is 25.8. The molecule has 170 valence electrons. The Morgan fingerprint density at radius 2 is 1.53 bits per heavy atom. The molecule has 0 fully saturated rings. The molecule has 0 heterocycles. The number of halogens is 2. The first kappa shape index (κ1) is 29.9. The Kier molecular flexibility index (Phi) is 10.6. The Balaban J connectivity index is 0.00000420. The fourth-order valence-electron chi connectivity index (χ4n) is 3.61. The van der Waals surface area contributed by atoms with Gasteiger partial charge >= 0.3 is 182 Å². The third kappa shape index (κ3) is 6.69. The number of hydrogen-bond donors (Lipinski definition) is 0. The van der Waals surface area contributed by atoms with E-state index in [2.05, 4.69) is 106 Å². The fourth-order valence-corrected chi connectivity index (χ4v) is 9.14. The van der Waals surface area contributed by atoms with E-state index >= 15 is 0 Å². The molecule has 1 nitrogen and oxygen atoms in total. The van der Waals surface area contributed by atoms with Gasteiger partial charge in [-0.05, 0) is 0 Å². The van der Waals surface area contributed by atoms with Gasteiger partial charge in [0.15, 0.2) is 0 Å². The molecule has 5 heteroatoms. The molecule has 0 atom stereocenters. The quantitative estimate of drug-likeness (QED) is 0.378. The van der Waals surface area contributed by atoms with Gasteiger partial charge in [0.25, 0.3) is 0 Å². The Hall–Kier alpha value is -0.119. The van der Waals surface area contributed by atoms with E-state index < -0.39 is 25.9 Å². The second-order valence-electron chi connectivity index (χ2n) is 11.1. The standard InChI is InChI=1S/C13H22OSi.C9H13.C3H6.2ClH.Ti/c1-10-7-11(14)9-12(8-10)15(5,6)13(2,3)4;1-9(2,3)8-6-4-5-7-8;1-3-2;;;/h7-9,14H,1-6H3;4,6H,5H2,1-3H3;1-2H3;2*1H;/q;;;;;+1/p-1. The number of benzene rings is 1. The predicted molar refractivity (Wildman–Crippen MR) is 140 cm³/mol. The van der Waals surface area contributed by atoms with Gasteiger partial charge in [-0.2, -0.15) is 0 Å². The number of allylic oxidation sites excluding steroid dienone is 4. The maximum absolute atomic E-state index is 6.87. The van der Waals surface area contributed by atoms with Crippen LogP contribution in [0.2, 0.25) is 18.1 Å². The second-order valence-corrected chi connectivity index (χ2v) is 20.3. The first-order chi connectivity index (χ1) is 12.6. The second kappa shape index (κ2) is 10.7. The van der Waals surface area contributed by atoms with Crippen LogP contribution in [-0.2, 0) is 17.8 Å². The molecule has 0 aromatic heterocycles. The number of hydrogen-bond acceptors (Lipinski definition) is 1. The zero-order valence-corrected chi connectivity index (χ0v) is 25.0. The molecule has 0 saturated heterocycles. The van der Waals surface area contributed by atoms with Gasteiger partial charge in [0.1, 0.15) is 0 Å². The minimum Gasteiger partial charge on any atom is -0.147 e. The van der Waals surface area contributed by atoms with Crippen molar-refractivity contribution in [3.05, 3.63) is 45.4 Å². The van der Waals surface area contributed by atoms with E-state index in [1.165, 1.54) is 20.1 Å². The van der Waals surface area contributed by atoms with E-state index in [9.17, 15) is 0 Å². The van der Waals surface area contributed by atoms with E-state index in [0.717, 1.165) is 12.2 Å². The predicted octanol–water partition coefficient (Wildman–Crippen LogP) is 7.94. The summed E-state index contributed by atoms with van der Waals surface area (Å²) < 4.78 is 9.94. The van der Waals surface area contributed by atoms with Crippen molar-refractivity contribution >= 4 is 41.9 Å². The molecule has 2 rings (SSSR count). The van der Waals surface area contributed by atoms with E-state index in [1.807, 2.05) is 0 Å². The third-order valence-corrected chi connectivity index (χ3v) is 15.5. The molecule has 1 aliphatic carbocycles. The van der Waals surface area contributed by atoms with Gasteiger partial charge in [0.05, 0.1) is 0 Å². The van der Waals surface area contributed by atoms with Gasteiger partial charge in [-0.25, -0.2) is 0 Å². The van der Waals surface area contributed by atoms with Crippen LogP contribution in [-0.4, -0.2) is 11.9 Å². The normalized spacial score (nSPS) is 14.2. The van der Waals surface area contributed by atoms with Crippen molar-refractivity contribution in [2.75, 3.05) is 0 Å². The molecule has 0 spiro atoms. The maximum atomic E-state index is 6.87. The van der Waals surface area contributed by atoms with Crippen LogP contribution in [0.3, 0.4) is 0 Å². The Bertz CT molecular complexity index is 849.